The van der Waals surface area contributed by atoms with Crippen LogP contribution in [0.25, 0.3) is 0 Å². The van der Waals surface area contributed by atoms with Crippen LogP contribution in [0.5, 0.6) is 0 Å². The first-order valence-corrected chi connectivity index (χ1v) is 6.71. The van der Waals surface area contributed by atoms with Crippen molar-refractivity contribution in [3.05, 3.63) is 29.0 Å². The Kier molecular flexibility index (Phi) is 4.27. The highest BCUT2D eigenvalue weighted by Crippen LogP contribution is 2.29. The molecule has 3 heteroatoms. The third kappa shape index (κ3) is 3.88. The second kappa shape index (κ2) is 5.72. The van der Waals surface area contributed by atoms with Crippen LogP contribution in [0.2, 0.25) is 5.02 Å². The van der Waals surface area contributed by atoms with Gasteiger partial charge in [0, 0.05) is 17.3 Å². The number of hydrogen-bond donors (Lipinski definition) is 1. The van der Waals surface area contributed by atoms with Gasteiger partial charge in [-0.2, -0.15) is 0 Å². The zero-order chi connectivity index (χ0) is 12.3. The van der Waals surface area contributed by atoms with E-state index in [1.54, 1.807) is 6.07 Å². The van der Waals surface area contributed by atoms with Crippen molar-refractivity contribution in [3.8, 4) is 0 Å². The Balaban J connectivity index is 1.88. The molecule has 94 valence electrons. The van der Waals surface area contributed by atoms with Gasteiger partial charge in [-0.1, -0.05) is 31.4 Å². The minimum Gasteiger partial charge on any atom is -0.385 e. The Labute approximate surface area is 107 Å². The molecular formula is C14H19ClFN. The summed E-state index contributed by atoms with van der Waals surface area (Å²) in [4.78, 5) is 0. The maximum absolute atomic E-state index is 13.1. The molecule has 0 saturated heterocycles. The second-order valence-electron chi connectivity index (χ2n) is 5.18. The maximum Gasteiger partial charge on any atom is 0.126 e. The summed E-state index contributed by atoms with van der Waals surface area (Å²) in [5.41, 5.74) is 0.785. The monoisotopic (exact) mass is 255 g/mol. The summed E-state index contributed by atoms with van der Waals surface area (Å²) < 4.78 is 13.1. The predicted octanol–water partition coefficient (Wildman–Crippen LogP) is 4.72. The van der Waals surface area contributed by atoms with Gasteiger partial charge >= 0.3 is 0 Å². The summed E-state index contributed by atoms with van der Waals surface area (Å²) in [6, 6.07) is 4.60. The molecule has 0 aromatic heterocycles. The van der Waals surface area contributed by atoms with Crippen LogP contribution in [-0.4, -0.2) is 6.54 Å². The van der Waals surface area contributed by atoms with Crippen LogP contribution in [0.4, 0.5) is 10.1 Å². The molecule has 0 radical (unpaired) electrons. The van der Waals surface area contributed by atoms with Crippen molar-refractivity contribution in [2.24, 2.45) is 11.8 Å². The van der Waals surface area contributed by atoms with E-state index in [1.165, 1.54) is 37.8 Å². The van der Waals surface area contributed by atoms with Crippen LogP contribution in [0, 0.1) is 17.7 Å². The largest absolute Gasteiger partial charge is 0.385 e. The third-order valence-electron chi connectivity index (χ3n) is 3.50. The van der Waals surface area contributed by atoms with Crippen molar-refractivity contribution in [1.82, 2.24) is 0 Å². The predicted molar refractivity (Wildman–Crippen MR) is 71.0 cm³/mol. The summed E-state index contributed by atoms with van der Waals surface area (Å²) >= 11 is 5.81. The fourth-order valence-electron chi connectivity index (χ4n) is 2.66. The van der Waals surface area contributed by atoms with Gasteiger partial charge in [-0.05, 0) is 42.9 Å². The van der Waals surface area contributed by atoms with E-state index in [0.717, 1.165) is 18.2 Å². The Morgan fingerprint density at radius 2 is 2.18 bits per heavy atom. The van der Waals surface area contributed by atoms with E-state index in [2.05, 4.69) is 12.2 Å². The molecule has 1 aromatic rings. The third-order valence-corrected chi connectivity index (χ3v) is 3.72. The van der Waals surface area contributed by atoms with Gasteiger partial charge in [-0.25, -0.2) is 4.39 Å². The van der Waals surface area contributed by atoms with Crippen molar-refractivity contribution >= 4 is 17.3 Å². The van der Waals surface area contributed by atoms with E-state index < -0.39 is 0 Å². The van der Waals surface area contributed by atoms with Crippen molar-refractivity contribution in [3.63, 3.8) is 0 Å². The molecule has 0 aliphatic heterocycles. The fourth-order valence-corrected chi connectivity index (χ4v) is 2.88. The molecule has 1 aliphatic carbocycles. The lowest BCUT2D eigenvalue weighted by molar-refractivity contribution is 0.293. The highest BCUT2D eigenvalue weighted by atomic mass is 35.5. The zero-order valence-corrected chi connectivity index (χ0v) is 10.9. The molecule has 17 heavy (non-hydrogen) atoms. The van der Waals surface area contributed by atoms with E-state index in [9.17, 15) is 4.39 Å². The lowest BCUT2D eigenvalue weighted by Crippen LogP contribution is -2.21. The molecule has 1 fully saturated rings. The van der Waals surface area contributed by atoms with Crippen molar-refractivity contribution in [2.45, 2.75) is 32.6 Å². The average Bonchev–Trinajstić information content (AvgIpc) is 2.25. The SMILES string of the molecule is CC1CCCC(CNc2cc(F)cc(Cl)c2)C1. The Morgan fingerprint density at radius 1 is 1.35 bits per heavy atom. The topological polar surface area (TPSA) is 12.0 Å². The molecule has 1 nitrogen and oxygen atoms in total. The van der Waals surface area contributed by atoms with Crippen LogP contribution in [0.1, 0.15) is 32.6 Å². The lowest BCUT2D eigenvalue weighted by atomic mass is 9.82. The first-order chi connectivity index (χ1) is 8.13. The van der Waals surface area contributed by atoms with Gasteiger partial charge in [0.15, 0.2) is 0 Å². The quantitative estimate of drug-likeness (QED) is 0.824. The molecule has 1 aliphatic rings. The molecule has 0 bridgehead atoms. The second-order valence-corrected chi connectivity index (χ2v) is 5.61. The van der Waals surface area contributed by atoms with Crippen LogP contribution < -0.4 is 5.32 Å². The molecule has 2 unspecified atom stereocenters. The number of hydrogen-bond acceptors (Lipinski definition) is 1. The van der Waals surface area contributed by atoms with E-state index in [4.69, 9.17) is 11.6 Å². The van der Waals surface area contributed by atoms with Gasteiger partial charge in [-0.15, -0.1) is 0 Å². The summed E-state index contributed by atoms with van der Waals surface area (Å²) in [6.07, 6.45) is 5.22. The molecule has 2 rings (SSSR count). The molecule has 1 N–H and O–H groups in total. The minimum atomic E-state index is -0.281. The Morgan fingerprint density at radius 3 is 2.88 bits per heavy atom. The Bertz CT molecular complexity index is 360. The normalized spacial score (nSPS) is 24.6. The van der Waals surface area contributed by atoms with Crippen LogP contribution in [0.3, 0.4) is 0 Å². The smallest absolute Gasteiger partial charge is 0.126 e. The summed E-state index contributed by atoms with van der Waals surface area (Å²) in [7, 11) is 0. The van der Waals surface area contributed by atoms with Gasteiger partial charge in [-0.3, -0.25) is 0 Å². The van der Waals surface area contributed by atoms with Gasteiger partial charge in [0.2, 0.25) is 0 Å². The lowest BCUT2D eigenvalue weighted by Gasteiger charge is -2.27. The molecule has 0 heterocycles. The summed E-state index contributed by atoms with van der Waals surface area (Å²) in [5, 5.41) is 3.74. The van der Waals surface area contributed by atoms with Gasteiger partial charge in [0.25, 0.3) is 0 Å². The molecule has 0 amide bonds. The molecular weight excluding hydrogens is 237 g/mol. The van der Waals surface area contributed by atoms with Gasteiger partial charge < -0.3 is 5.32 Å². The molecule has 2 atom stereocenters. The van der Waals surface area contributed by atoms with Crippen LogP contribution in [-0.2, 0) is 0 Å². The minimum absolute atomic E-state index is 0.281. The number of benzene rings is 1. The summed E-state index contributed by atoms with van der Waals surface area (Å²) in [5.74, 6) is 1.25. The van der Waals surface area contributed by atoms with Crippen molar-refractivity contribution < 1.29 is 4.39 Å². The van der Waals surface area contributed by atoms with E-state index >= 15 is 0 Å². The molecule has 0 spiro atoms. The first kappa shape index (κ1) is 12.7. The maximum atomic E-state index is 13.1. The average molecular weight is 256 g/mol. The van der Waals surface area contributed by atoms with Gasteiger partial charge in [0.1, 0.15) is 5.82 Å². The Hall–Kier alpha value is -0.760. The standard InChI is InChI=1S/C14H19ClFN/c1-10-3-2-4-11(5-10)9-17-14-7-12(15)6-13(16)8-14/h6-8,10-11,17H,2-5,9H2,1H3. The van der Waals surface area contributed by atoms with Crippen LogP contribution >= 0.6 is 11.6 Å². The summed E-state index contributed by atoms with van der Waals surface area (Å²) in [6.45, 7) is 3.23. The molecule has 1 saturated carbocycles. The number of halogens is 2. The highest BCUT2D eigenvalue weighted by molar-refractivity contribution is 6.30. The fraction of sp³-hybridized carbons (Fsp3) is 0.571. The number of nitrogens with one attached hydrogen (secondary N) is 1. The zero-order valence-electron chi connectivity index (χ0n) is 10.2. The van der Waals surface area contributed by atoms with Crippen molar-refractivity contribution in [1.29, 1.82) is 0 Å². The van der Waals surface area contributed by atoms with Gasteiger partial charge in [0.05, 0.1) is 0 Å². The van der Waals surface area contributed by atoms with E-state index in [1.807, 2.05) is 0 Å². The molecule has 1 aromatic carbocycles. The van der Waals surface area contributed by atoms with Crippen molar-refractivity contribution in [2.75, 3.05) is 11.9 Å². The van der Waals surface area contributed by atoms with E-state index in [0.29, 0.717) is 10.9 Å². The first-order valence-electron chi connectivity index (χ1n) is 6.33. The van der Waals surface area contributed by atoms with Crippen LogP contribution in [0.15, 0.2) is 18.2 Å². The highest BCUT2D eigenvalue weighted by Gasteiger charge is 2.18. The van der Waals surface area contributed by atoms with E-state index in [-0.39, 0.29) is 5.82 Å². The number of anilines is 1. The number of rotatable bonds is 3.